The summed E-state index contributed by atoms with van der Waals surface area (Å²) >= 11 is 1.15. The van der Waals surface area contributed by atoms with Gasteiger partial charge in [0.2, 0.25) is 5.89 Å². The number of carbonyl (C=O) groups excluding carboxylic acids is 1. The minimum atomic E-state index is -0.191. The third-order valence-electron chi connectivity index (χ3n) is 2.19. The summed E-state index contributed by atoms with van der Waals surface area (Å²) < 4.78 is 4.96. The first-order valence-electron chi connectivity index (χ1n) is 5.50. The molecular formula is C10H13N5O2S. The van der Waals surface area contributed by atoms with Crippen molar-refractivity contribution >= 4 is 22.4 Å². The van der Waals surface area contributed by atoms with E-state index in [1.54, 1.807) is 0 Å². The van der Waals surface area contributed by atoms with E-state index in [0.717, 1.165) is 11.3 Å². The van der Waals surface area contributed by atoms with Gasteiger partial charge in [-0.2, -0.15) is 4.98 Å². The van der Waals surface area contributed by atoms with Crippen LogP contribution in [0.15, 0.2) is 10.7 Å². The van der Waals surface area contributed by atoms with Crippen LogP contribution in [-0.2, 0) is 12.8 Å². The zero-order chi connectivity index (χ0) is 13.0. The van der Waals surface area contributed by atoms with Gasteiger partial charge in [-0.1, -0.05) is 23.4 Å². The maximum Gasteiger partial charge on any atom is 0.263 e. The fourth-order valence-corrected chi connectivity index (χ4v) is 1.90. The molecular weight excluding hydrogens is 254 g/mol. The molecule has 0 atom stereocenters. The molecule has 8 heteroatoms. The predicted molar refractivity (Wildman–Crippen MR) is 66.2 cm³/mol. The van der Waals surface area contributed by atoms with Crippen LogP contribution in [0.25, 0.3) is 0 Å². The van der Waals surface area contributed by atoms with Gasteiger partial charge in [0.15, 0.2) is 11.0 Å². The number of hydrogen-bond donors (Lipinski definition) is 2. The van der Waals surface area contributed by atoms with Gasteiger partial charge in [0.05, 0.1) is 6.20 Å². The summed E-state index contributed by atoms with van der Waals surface area (Å²) in [7, 11) is 0. The number of aryl methyl sites for hydroxylation is 1. The quantitative estimate of drug-likeness (QED) is 0.823. The maximum absolute atomic E-state index is 11.6. The van der Waals surface area contributed by atoms with Crippen molar-refractivity contribution in [2.75, 3.05) is 12.3 Å². The van der Waals surface area contributed by atoms with Crippen LogP contribution in [0.2, 0.25) is 0 Å². The molecule has 2 aromatic heterocycles. The Labute approximate surface area is 107 Å². The van der Waals surface area contributed by atoms with Crippen molar-refractivity contribution in [3.05, 3.63) is 22.8 Å². The van der Waals surface area contributed by atoms with Crippen LogP contribution in [0.1, 0.15) is 28.3 Å². The summed E-state index contributed by atoms with van der Waals surface area (Å²) in [5, 5.41) is 6.92. The van der Waals surface area contributed by atoms with Crippen LogP contribution >= 0.6 is 11.3 Å². The second-order valence-corrected chi connectivity index (χ2v) is 4.59. The highest BCUT2D eigenvalue weighted by Gasteiger charge is 2.09. The molecule has 2 heterocycles. The van der Waals surface area contributed by atoms with E-state index < -0.39 is 0 Å². The van der Waals surface area contributed by atoms with Crippen molar-refractivity contribution in [2.24, 2.45) is 0 Å². The summed E-state index contributed by atoms with van der Waals surface area (Å²) in [5.74, 6) is 1.01. The van der Waals surface area contributed by atoms with Crippen LogP contribution in [0.5, 0.6) is 0 Å². The smallest absolute Gasteiger partial charge is 0.263 e. The molecule has 0 aromatic carbocycles. The minimum absolute atomic E-state index is 0.191. The third kappa shape index (κ3) is 3.04. The van der Waals surface area contributed by atoms with Gasteiger partial charge < -0.3 is 15.6 Å². The average molecular weight is 267 g/mol. The summed E-state index contributed by atoms with van der Waals surface area (Å²) in [6, 6.07) is 0. The first-order valence-corrected chi connectivity index (χ1v) is 6.31. The molecule has 0 spiro atoms. The van der Waals surface area contributed by atoms with Gasteiger partial charge >= 0.3 is 0 Å². The lowest BCUT2D eigenvalue weighted by Crippen LogP contribution is -2.25. The lowest BCUT2D eigenvalue weighted by atomic mass is 10.4. The Morgan fingerprint density at radius 1 is 1.61 bits per heavy atom. The molecule has 2 aromatic rings. The fourth-order valence-electron chi connectivity index (χ4n) is 1.30. The summed E-state index contributed by atoms with van der Waals surface area (Å²) in [4.78, 5) is 20.1. The zero-order valence-electron chi connectivity index (χ0n) is 9.84. The molecule has 7 nitrogen and oxygen atoms in total. The lowest BCUT2D eigenvalue weighted by molar-refractivity contribution is 0.0957. The number of nitrogen functional groups attached to an aromatic ring is 1. The average Bonchev–Trinajstić information content (AvgIpc) is 2.98. The van der Waals surface area contributed by atoms with Crippen LogP contribution in [0.4, 0.5) is 5.13 Å². The highest BCUT2D eigenvalue weighted by molar-refractivity contribution is 7.17. The molecule has 3 N–H and O–H groups in total. The van der Waals surface area contributed by atoms with Crippen LogP contribution in [-0.4, -0.2) is 27.6 Å². The number of nitrogens with zero attached hydrogens (tertiary/aromatic N) is 3. The molecule has 0 unspecified atom stereocenters. The summed E-state index contributed by atoms with van der Waals surface area (Å²) in [6.07, 6.45) is 2.70. The second kappa shape index (κ2) is 5.58. The van der Waals surface area contributed by atoms with Crippen molar-refractivity contribution in [3.63, 3.8) is 0 Å². The monoisotopic (exact) mass is 267 g/mol. The highest BCUT2D eigenvalue weighted by Crippen LogP contribution is 2.13. The third-order valence-corrected chi connectivity index (χ3v) is 3.02. The largest absolute Gasteiger partial charge is 0.375 e. The van der Waals surface area contributed by atoms with E-state index in [0.29, 0.717) is 41.1 Å². The molecule has 0 aliphatic carbocycles. The van der Waals surface area contributed by atoms with Crippen molar-refractivity contribution in [3.8, 4) is 0 Å². The second-order valence-electron chi connectivity index (χ2n) is 3.53. The van der Waals surface area contributed by atoms with Gasteiger partial charge in [0.25, 0.3) is 5.91 Å². The Morgan fingerprint density at radius 2 is 2.44 bits per heavy atom. The van der Waals surface area contributed by atoms with Gasteiger partial charge in [0.1, 0.15) is 4.88 Å². The standard InChI is InChI=1S/C10H13N5O2S/c1-2-8-14-7(15-17-8)3-4-12-9(16)6-5-13-10(11)18-6/h5H,2-4H2,1H3,(H2,11,13)(H,12,16). The number of amides is 1. The topological polar surface area (TPSA) is 107 Å². The van der Waals surface area contributed by atoms with Gasteiger partial charge in [-0.05, 0) is 0 Å². The number of nitrogens with two attached hydrogens (primary N) is 1. The predicted octanol–water partition coefficient (Wildman–Crippen LogP) is 0.643. The number of thiazole rings is 1. The Kier molecular flexibility index (Phi) is 3.88. The Hall–Kier alpha value is -1.96. The van der Waals surface area contributed by atoms with Crippen molar-refractivity contribution in [1.82, 2.24) is 20.4 Å². The number of rotatable bonds is 5. The van der Waals surface area contributed by atoms with Crippen molar-refractivity contribution in [1.29, 1.82) is 0 Å². The molecule has 96 valence electrons. The van der Waals surface area contributed by atoms with Crippen LogP contribution < -0.4 is 11.1 Å². The molecule has 0 fully saturated rings. The van der Waals surface area contributed by atoms with E-state index >= 15 is 0 Å². The normalized spacial score (nSPS) is 10.5. The van der Waals surface area contributed by atoms with Crippen LogP contribution in [0, 0.1) is 0 Å². The number of nitrogens with one attached hydrogen (secondary N) is 1. The molecule has 0 aliphatic rings. The van der Waals surface area contributed by atoms with Crippen molar-refractivity contribution < 1.29 is 9.32 Å². The van der Waals surface area contributed by atoms with Gasteiger partial charge in [-0.15, -0.1) is 0 Å². The summed E-state index contributed by atoms with van der Waals surface area (Å²) in [6.45, 7) is 2.38. The van der Waals surface area contributed by atoms with Crippen molar-refractivity contribution in [2.45, 2.75) is 19.8 Å². The molecule has 0 radical (unpaired) electrons. The fraction of sp³-hybridized carbons (Fsp3) is 0.400. The van der Waals surface area contributed by atoms with Gasteiger partial charge in [0, 0.05) is 19.4 Å². The number of carbonyl (C=O) groups is 1. The molecule has 0 saturated carbocycles. The Balaban J connectivity index is 1.80. The van der Waals surface area contributed by atoms with E-state index in [-0.39, 0.29) is 5.91 Å². The van der Waals surface area contributed by atoms with E-state index in [4.69, 9.17) is 10.3 Å². The lowest BCUT2D eigenvalue weighted by Gasteiger charge is -1.99. The molecule has 18 heavy (non-hydrogen) atoms. The number of anilines is 1. The Morgan fingerprint density at radius 3 is 3.06 bits per heavy atom. The highest BCUT2D eigenvalue weighted by atomic mass is 32.1. The SMILES string of the molecule is CCc1nc(CCNC(=O)c2cnc(N)s2)no1. The minimum Gasteiger partial charge on any atom is -0.375 e. The maximum atomic E-state index is 11.6. The number of hydrogen-bond acceptors (Lipinski definition) is 7. The van der Waals surface area contributed by atoms with E-state index in [9.17, 15) is 4.79 Å². The van der Waals surface area contributed by atoms with Gasteiger partial charge in [-0.3, -0.25) is 4.79 Å². The Bertz CT molecular complexity index is 536. The molecule has 1 amide bonds. The molecule has 2 rings (SSSR count). The van der Waals surface area contributed by atoms with Crippen LogP contribution in [0.3, 0.4) is 0 Å². The summed E-state index contributed by atoms with van der Waals surface area (Å²) in [5.41, 5.74) is 5.45. The molecule has 0 saturated heterocycles. The van der Waals surface area contributed by atoms with E-state index in [1.807, 2.05) is 6.92 Å². The van der Waals surface area contributed by atoms with E-state index in [2.05, 4.69) is 20.4 Å². The molecule has 0 bridgehead atoms. The zero-order valence-corrected chi connectivity index (χ0v) is 10.7. The van der Waals surface area contributed by atoms with Gasteiger partial charge in [-0.25, -0.2) is 4.98 Å². The first-order chi connectivity index (χ1) is 8.69. The number of aromatic nitrogens is 3. The van der Waals surface area contributed by atoms with E-state index in [1.165, 1.54) is 6.20 Å². The first kappa shape index (κ1) is 12.5. The molecule has 0 aliphatic heterocycles.